The first-order valence-corrected chi connectivity index (χ1v) is 6.19. The van der Waals surface area contributed by atoms with Crippen molar-refractivity contribution in [2.24, 2.45) is 0 Å². The fourth-order valence-corrected chi connectivity index (χ4v) is 2.11. The highest BCUT2D eigenvalue weighted by molar-refractivity contribution is 6.31. The molecule has 6 heteroatoms. The highest BCUT2D eigenvalue weighted by atomic mass is 35.5. The van der Waals surface area contributed by atoms with Gasteiger partial charge in [-0.1, -0.05) is 41.9 Å². The Kier molecular flexibility index (Phi) is 3.15. The van der Waals surface area contributed by atoms with Crippen molar-refractivity contribution >= 4 is 11.6 Å². The van der Waals surface area contributed by atoms with E-state index in [9.17, 15) is 5.26 Å². The molecule has 0 fully saturated rings. The van der Waals surface area contributed by atoms with Crippen LogP contribution in [0.3, 0.4) is 0 Å². The summed E-state index contributed by atoms with van der Waals surface area (Å²) in [5.74, 6) is 0.517. The number of hydrogen-bond acceptors (Lipinski definition) is 4. The van der Waals surface area contributed by atoms with Crippen LogP contribution in [0.4, 0.5) is 0 Å². The summed E-state index contributed by atoms with van der Waals surface area (Å²) in [6.45, 7) is 0. The minimum Gasteiger partial charge on any atom is -0.245 e. The largest absolute Gasteiger partial charge is 0.245 e. The van der Waals surface area contributed by atoms with Crippen molar-refractivity contribution in [1.29, 1.82) is 5.26 Å². The van der Waals surface area contributed by atoms with Crippen LogP contribution in [0.15, 0.2) is 48.9 Å². The third-order valence-corrected chi connectivity index (χ3v) is 3.12. The lowest BCUT2D eigenvalue weighted by atomic mass is 10.1. The lowest BCUT2D eigenvalue weighted by Crippen LogP contribution is -1.99. The van der Waals surface area contributed by atoms with E-state index in [1.54, 1.807) is 12.3 Å². The molecule has 0 atom stereocenters. The Balaban J connectivity index is 2.22. The third kappa shape index (κ3) is 2.02. The molecule has 0 aliphatic heterocycles. The predicted molar refractivity (Wildman–Crippen MR) is 74.3 cm³/mol. The molecule has 0 spiro atoms. The van der Waals surface area contributed by atoms with Crippen LogP contribution in [0.5, 0.6) is 0 Å². The second-order valence-corrected chi connectivity index (χ2v) is 4.33. The van der Waals surface area contributed by atoms with Gasteiger partial charge >= 0.3 is 0 Å². The summed E-state index contributed by atoms with van der Waals surface area (Å²) >= 11 is 6.23. The monoisotopic (exact) mass is 281 g/mol. The van der Waals surface area contributed by atoms with Crippen molar-refractivity contribution in [3.63, 3.8) is 0 Å². The van der Waals surface area contributed by atoms with E-state index in [2.05, 4.69) is 21.1 Å². The maximum atomic E-state index is 9.30. The number of aromatic nitrogens is 4. The standard InChI is InChI=1S/C14H8ClN5/c15-14-11(8-16)13(10-4-2-1-3-5-10)19-20(14)12-6-7-17-9-18-12/h1-7,9H. The van der Waals surface area contributed by atoms with Crippen LogP contribution >= 0.6 is 11.6 Å². The number of benzene rings is 1. The van der Waals surface area contributed by atoms with E-state index in [0.717, 1.165) is 5.56 Å². The fraction of sp³-hybridized carbons (Fsp3) is 0. The molecule has 0 N–H and O–H groups in total. The quantitative estimate of drug-likeness (QED) is 0.724. The third-order valence-electron chi connectivity index (χ3n) is 2.77. The molecular formula is C14H8ClN5. The highest BCUT2D eigenvalue weighted by Crippen LogP contribution is 2.29. The summed E-state index contributed by atoms with van der Waals surface area (Å²) < 4.78 is 1.43. The number of halogens is 1. The lowest BCUT2D eigenvalue weighted by molar-refractivity contribution is 0.843. The Morgan fingerprint density at radius 3 is 2.60 bits per heavy atom. The van der Waals surface area contributed by atoms with Gasteiger partial charge in [0.05, 0.1) is 0 Å². The smallest absolute Gasteiger partial charge is 0.158 e. The van der Waals surface area contributed by atoms with Crippen molar-refractivity contribution < 1.29 is 0 Å². The minimum absolute atomic E-state index is 0.241. The maximum absolute atomic E-state index is 9.30. The topological polar surface area (TPSA) is 67.4 Å². The van der Waals surface area contributed by atoms with Gasteiger partial charge in [0.25, 0.3) is 0 Å². The van der Waals surface area contributed by atoms with Crippen molar-refractivity contribution in [3.8, 4) is 23.1 Å². The molecule has 0 unspecified atom stereocenters. The van der Waals surface area contributed by atoms with Gasteiger partial charge in [-0.2, -0.15) is 10.4 Å². The van der Waals surface area contributed by atoms with Gasteiger partial charge in [-0.05, 0) is 0 Å². The van der Waals surface area contributed by atoms with Crippen molar-refractivity contribution in [2.45, 2.75) is 0 Å². The van der Waals surface area contributed by atoms with Crippen LogP contribution in [-0.4, -0.2) is 19.7 Å². The van der Waals surface area contributed by atoms with Gasteiger partial charge < -0.3 is 0 Å². The summed E-state index contributed by atoms with van der Waals surface area (Å²) in [6, 6.07) is 13.2. The molecule has 0 saturated carbocycles. The van der Waals surface area contributed by atoms with Gasteiger partial charge in [0.15, 0.2) is 11.0 Å². The van der Waals surface area contributed by atoms with Crippen molar-refractivity contribution in [3.05, 3.63) is 59.6 Å². The van der Waals surface area contributed by atoms with Gasteiger partial charge in [0, 0.05) is 17.8 Å². The first-order valence-electron chi connectivity index (χ1n) is 5.81. The number of nitrogens with zero attached hydrogens (tertiary/aromatic N) is 5. The normalized spacial score (nSPS) is 10.2. The van der Waals surface area contributed by atoms with Crippen molar-refractivity contribution in [2.75, 3.05) is 0 Å². The van der Waals surface area contributed by atoms with E-state index in [1.165, 1.54) is 11.0 Å². The van der Waals surface area contributed by atoms with Crippen LogP contribution in [0, 0.1) is 11.3 Å². The average molecular weight is 282 g/mol. The molecule has 5 nitrogen and oxygen atoms in total. The Morgan fingerprint density at radius 2 is 1.95 bits per heavy atom. The molecule has 0 aliphatic rings. The van der Waals surface area contributed by atoms with Gasteiger partial charge in [-0.25, -0.2) is 14.6 Å². The van der Waals surface area contributed by atoms with Crippen LogP contribution in [-0.2, 0) is 0 Å². The zero-order valence-electron chi connectivity index (χ0n) is 10.2. The Morgan fingerprint density at radius 1 is 1.15 bits per heavy atom. The lowest BCUT2D eigenvalue weighted by Gasteiger charge is -1.99. The number of nitriles is 1. The van der Waals surface area contributed by atoms with E-state index in [-0.39, 0.29) is 5.15 Å². The Hall–Kier alpha value is -2.71. The van der Waals surface area contributed by atoms with Crippen LogP contribution in [0.25, 0.3) is 17.1 Å². The van der Waals surface area contributed by atoms with Gasteiger partial charge in [-0.3, -0.25) is 0 Å². The Bertz CT molecular complexity index is 775. The van der Waals surface area contributed by atoms with Gasteiger partial charge in [0.1, 0.15) is 23.7 Å². The maximum Gasteiger partial charge on any atom is 0.158 e. The molecule has 96 valence electrons. The molecule has 3 aromatic rings. The first-order chi connectivity index (χ1) is 9.81. The summed E-state index contributed by atoms with van der Waals surface area (Å²) in [6.07, 6.45) is 3.00. The van der Waals surface area contributed by atoms with E-state index >= 15 is 0 Å². The second-order valence-electron chi connectivity index (χ2n) is 3.97. The van der Waals surface area contributed by atoms with E-state index in [4.69, 9.17) is 11.6 Å². The second kappa shape index (κ2) is 5.11. The minimum atomic E-state index is 0.241. The van der Waals surface area contributed by atoms with Crippen molar-refractivity contribution in [1.82, 2.24) is 19.7 Å². The number of hydrogen-bond donors (Lipinski definition) is 0. The molecular weight excluding hydrogens is 274 g/mol. The molecule has 0 saturated heterocycles. The van der Waals surface area contributed by atoms with Crippen LogP contribution in [0.2, 0.25) is 5.15 Å². The van der Waals surface area contributed by atoms with Crippen LogP contribution in [0.1, 0.15) is 5.56 Å². The molecule has 0 bridgehead atoms. The molecule has 2 aromatic heterocycles. The molecule has 20 heavy (non-hydrogen) atoms. The molecule has 0 amide bonds. The summed E-state index contributed by atoms with van der Waals surface area (Å²) in [5.41, 5.74) is 1.70. The molecule has 0 radical (unpaired) electrons. The predicted octanol–water partition coefficient (Wildman–Crippen LogP) is 2.85. The zero-order valence-corrected chi connectivity index (χ0v) is 11.0. The summed E-state index contributed by atoms with van der Waals surface area (Å²) in [5, 5.41) is 13.9. The fourth-order valence-electron chi connectivity index (χ4n) is 1.86. The molecule has 3 rings (SSSR count). The SMILES string of the molecule is N#Cc1c(-c2ccccc2)nn(-c2ccncn2)c1Cl. The summed E-state index contributed by atoms with van der Waals surface area (Å²) in [7, 11) is 0. The van der Waals surface area contributed by atoms with Gasteiger partial charge in [-0.15, -0.1) is 0 Å². The zero-order chi connectivity index (χ0) is 13.9. The molecule has 1 aromatic carbocycles. The number of rotatable bonds is 2. The molecule has 2 heterocycles. The van der Waals surface area contributed by atoms with E-state index in [0.29, 0.717) is 17.1 Å². The van der Waals surface area contributed by atoms with Crippen LogP contribution < -0.4 is 0 Å². The van der Waals surface area contributed by atoms with E-state index in [1.807, 2.05) is 30.3 Å². The van der Waals surface area contributed by atoms with Gasteiger partial charge in [0.2, 0.25) is 0 Å². The average Bonchev–Trinajstić information content (AvgIpc) is 2.86. The first kappa shape index (κ1) is 12.3. The Labute approximate surface area is 120 Å². The summed E-state index contributed by atoms with van der Waals surface area (Å²) in [4.78, 5) is 7.94. The highest BCUT2D eigenvalue weighted by Gasteiger charge is 2.18. The molecule has 0 aliphatic carbocycles. The van der Waals surface area contributed by atoms with E-state index < -0.39 is 0 Å².